The highest BCUT2D eigenvalue weighted by Gasteiger charge is 2.53. The smallest absolute Gasteiger partial charge is 0.359 e. The van der Waals surface area contributed by atoms with Gasteiger partial charge in [-0.1, -0.05) is 64.7 Å². The maximum Gasteiger partial charge on any atom is 0.359 e. The van der Waals surface area contributed by atoms with Crippen molar-refractivity contribution in [1.82, 2.24) is 39.5 Å². The van der Waals surface area contributed by atoms with Crippen LogP contribution >= 0.6 is 38.4 Å². The second-order valence-corrected chi connectivity index (χ2v) is 39.4. The number of ether oxygens (including phenoxy) is 1. The number of rotatable bonds is 19. The molecule has 0 radical (unpaired) electrons. The van der Waals surface area contributed by atoms with Crippen LogP contribution in [0.5, 0.6) is 0 Å². The van der Waals surface area contributed by atoms with E-state index in [1.807, 2.05) is 32.3 Å². The van der Waals surface area contributed by atoms with Gasteiger partial charge in [-0.25, -0.2) is 9.97 Å². The summed E-state index contributed by atoms with van der Waals surface area (Å²) in [5.41, 5.74) is 13.1. The van der Waals surface area contributed by atoms with Crippen LogP contribution in [0, 0.1) is 5.92 Å². The van der Waals surface area contributed by atoms with Gasteiger partial charge in [0, 0.05) is 18.9 Å². The summed E-state index contributed by atoms with van der Waals surface area (Å²) in [5, 5.41) is 0.508. The molecule has 0 bridgehead atoms. The molecule has 75 heavy (non-hydrogen) atoms. The van der Waals surface area contributed by atoms with E-state index >= 15 is 0 Å². The van der Waals surface area contributed by atoms with Gasteiger partial charge in [-0.3, -0.25) is 13.3 Å². The van der Waals surface area contributed by atoms with E-state index < -0.39 is 60.0 Å². The second-order valence-electron chi connectivity index (χ2n) is 23.2. The molecule has 1 aliphatic heterocycles. The highest BCUT2D eigenvalue weighted by molar-refractivity contribution is 7.86. The summed E-state index contributed by atoms with van der Waals surface area (Å²) in [6, 6.07) is 0. The molecule has 29 heteroatoms. The Morgan fingerprint density at radius 2 is 1.24 bits per heavy atom. The van der Waals surface area contributed by atoms with Gasteiger partial charge in [-0.2, -0.15) is 28.4 Å². The lowest BCUT2D eigenvalue weighted by atomic mass is 10.1. The number of halogens is 2. The highest BCUT2D eigenvalue weighted by Crippen LogP contribution is 2.62. The lowest BCUT2D eigenvalue weighted by Gasteiger charge is -2.40. The Kier molecular flexibility index (Phi) is 22.2. The van der Waals surface area contributed by atoms with Gasteiger partial charge in [0.05, 0.1) is 67.8 Å². The molecule has 6 atom stereocenters. The molecule has 5 N–H and O–H groups in total. The quantitative estimate of drug-likeness (QED) is 0.0340. The minimum absolute atomic E-state index is 0.0408. The summed E-state index contributed by atoms with van der Waals surface area (Å²) in [6.45, 7) is 36.7. The number of nitrogen functional groups attached to an aromatic ring is 2. The third kappa shape index (κ3) is 18.2. The summed E-state index contributed by atoms with van der Waals surface area (Å²) in [6.07, 6.45) is 3.38. The van der Waals surface area contributed by atoms with Gasteiger partial charge in [0.2, 0.25) is 11.9 Å². The van der Waals surface area contributed by atoms with E-state index in [1.165, 1.54) is 6.33 Å². The van der Waals surface area contributed by atoms with Gasteiger partial charge < -0.3 is 52.7 Å². The number of H-pyrrole nitrogens is 1. The van der Waals surface area contributed by atoms with Gasteiger partial charge in [-0.05, 0) is 104 Å². The lowest BCUT2D eigenvalue weighted by Crippen LogP contribution is -2.46. The fraction of sp³-hybridized carbons (Fsp3) is 0.783. The van der Waals surface area contributed by atoms with Crippen LogP contribution in [-0.4, -0.2) is 132 Å². The van der Waals surface area contributed by atoms with Gasteiger partial charge in [0.15, 0.2) is 44.1 Å². The van der Waals surface area contributed by atoms with E-state index in [-0.39, 0.29) is 82.3 Å². The van der Waals surface area contributed by atoms with Crippen LogP contribution < -0.4 is 11.5 Å². The standard InChI is InChI=1S/C23H41ClN5O4PSi.C18H39O8PSSi.C5H4ClN5/c1-14(2)31-34(30,32-15(3)4)17-10-16(18(11-17)33-35(8,9)23(5,6)7)12-29-13-26-19-20(24)27-22(25)28-21(19)29;1-13(2)24-27(19,25-14(3)4)17-11-15(26-29(9,10)18(5,6)7)16(23-17)12-22-28(8,20)21;6-3-2-4(9-1-8-2)11-5(7)10-3/h13-18H,10-12H2,1-9H3,(H2,25,27,28);13-17H,11-12H2,1-10H3;1H,(H3,7,8,9,10,11)/t16-,17-,18+;15-,16+,17-;/m10./s1. The Balaban J connectivity index is 0.000000272. The first-order valence-corrected chi connectivity index (χ1v) is 36.8. The van der Waals surface area contributed by atoms with Crippen molar-refractivity contribution in [3.8, 4) is 0 Å². The van der Waals surface area contributed by atoms with E-state index in [2.05, 4.69) is 103 Å². The van der Waals surface area contributed by atoms with Crippen molar-refractivity contribution in [2.24, 2.45) is 5.92 Å². The third-order valence-corrected chi connectivity index (χ3v) is 28.4. The zero-order valence-corrected chi connectivity index (χ0v) is 53.3. The molecule has 0 aromatic carbocycles. The Labute approximate surface area is 456 Å². The largest absolute Gasteiger partial charge is 0.414 e. The molecule has 2 aliphatic rings. The van der Waals surface area contributed by atoms with Crippen molar-refractivity contribution >= 4 is 99.4 Å². The summed E-state index contributed by atoms with van der Waals surface area (Å²) in [5.74, 6) is -0.561. The fourth-order valence-corrected chi connectivity index (χ4v) is 16.2. The molecule has 0 spiro atoms. The number of aromatic nitrogens is 8. The van der Waals surface area contributed by atoms with Gasteiger partial charge in [-0.15, -0.1) is 0 Å². The van der Waals surface area contributed by atoms with Crippen LogP contribution in [0.3, 0.4) is 0 Å². The van der Waals surface area contributed by atoms with Gasteiger partial charge in [0.1, 0.15) is 17.1 Å². The zero-order chi connectivity index (χ0) is 57.0. The maximum absolute atomic E-state index is 14.0. The van der Waals surface area contributed by atoms with Gasteiger partial charge >= 0.3 is 15.2 Å². The maximum atomic E-state index is 14.0. The monoisotopic (exact) mass is 1190 g/mol. The number of imidazole rings is 2. The lowest BCUT2D eigenvalue weighted by molar-refractivity contribution is -0.00359. The van der Waals surface area contributed by atoms with E-state index in [4.69, 9.17) is 70.5 Å². The van der Waals surface area contributed by atoms with E-state index in [1.54, 1.807) is 34.0 Å². The second kappa shape index (κ2) is 25.5. The van der Waals surface area contributed by atoms with E-state index in [0.717, 1.165) is 6.26 Å². The first-order chi connectivity index (χ1) is 34.2. The molecule has 0 unspecified atom stereocenters. The minimum atomic E-state index is -3.65. The predicted octanol–water partition coefficient (Wildman–Crippen LogP) is 11.4. The van der Waals surface area contributed by atoms with Crippen molar-refractivity contribution in [3.05, 3.63) is 23.0 Å². The van der Waals surface area contributed by atoms with Crippen molar-refractivity contribution < 1.29 is 53.4 Å². The average Bonchev–Trinajstić information content (AvgIpc) is 4.03. The molecule has 22 nitrogen and oxygen atoms in total. The van der Waals surface area contributed by atoms with Crippen molar-refractivity contribution in [1.29, 1.82) is 0 Å². The summed E-state index contributed by atoms with van der Waals surface area (Å²) in [7, 11) is -14.9. The highest BCUT2D eigenvalue weighted by atomic mass is 35.5. The predicted molar refractivity (Wildman–Crippen MR) is 301 cm³/mol. The third-order valence-electron chi connectivity index (χ3n) is 13.1. The topological polar surface area (TPSA) is 292 Å². The molecule has 5 heterocycles. The Morgan fingerprint density at radius 3 is 1.75 bits per heavy atom. The number of fused-ring (bicyclic) bond motifs is 2. The molecule has 4 aromatic heterocycles. The van der Waals surface area contributed by atoms with Crippen LogP contribution in [0.25, 0.3) is 22.3 Å². The number of hydrogen-bond acceptors (Lipinski definition) is 20. The molecule has 4 aromatic rings. The van der Waals surface area contributed by atoms with Crippen LogP contribution in [0.4, 0.5) is 11.9 Å². The number of nitrogens with one attached hydrogen (secondary N) is 1. The summed E-state index contributed by atoms with van der Waals surface area (Å²) in [4.78, 5) is 27.0. The molecule has 0 amide bonds. The van der Waals surface area contributed by atoms with Crippen LogP contribution in [0.15, 0.2) is 12.7 Å². The Bertz CT molecular complexity index is 2710. The molecular weight excluding hydrogens is 1110 g/mol. The number of nitrogens with two attached hydrogens (primary N) is 2. The average molecular weight is 1190 g/mol. The molecular formula is C46H84Cl2N10O12P2SSi2. The molecule has 1 aliphatic carbocycles. The van der Waals surface area contributed by atoms with Gasteiger partial charge in [0.25, 0.3) is 10.1 Å². The van der Waals surface area contributed by atoms with Crippen LogP contribution in [-0.2, 0) is 61.7 Å². The number of nitrogens with zero attached hydrogens (tertiary/aromatic N) is 7. The van der Waals surface area contributed by atoms with Crippen LogP contribution in [0.2, 0.25) is 46.6 Å². The number of aromatic amines is 1. The van der Waals surface area contributed by atoms with Crippen molar-refractivity contribution in [2.45, 2.75) is 213 Å². The number of hydrogen-bond donors (Lipinski definition) is 3. The van der Waals surface area contributed by atoms with Crippen LogP contribution in [0.1, 0.15) is 116 Å². The molecule has 428 valence electrons. The zero-order valence-electron chi connectivity index (χ0n) is 47.2. The Hall–Kier alpha value is -2.20. The first-order valence-electron chi connectivity index (χ1n) is 25.2. The van der Waals surface area contributed by atoms with E-state index in [9.17, 15) is 17.5 Å². The fourth-order valence-electron chi connectivity index (χ4n) is 7.78. The Morgan fingerprint density at radius 1 is 0.747 bits per heavy atom. The summed E-state index contributed by atoms with van der Waals surface area (Å²) >= 11 is 11.9. The normalized spacial score (nSPS) is 21.4. The van der Waals surface area contributed by atoms with E-state index in [0.29, 0.717) is 46.9 Å². The molecule has 2 fully saturated rings. The number of anilines is 2. The summed E-state index contributed by atoms with van der Waals surface area (Å²) < 4.78 is 100. The molecule has 1 saturated carbocycles. The molecule has 1 saturated heterocycles. The van der Waals surface area contributed by atoms with Crippen molar-refractivity contribution in [2.75, 3.05) is 24.3 Å². The minimum Gasteiger partial charge on any atom is -0.414 e. The SMILES string of the molecule is CC(C)OP(=O)(OC(C)C)[C@@H]1C[C@H](Cn2cnc3c(Cl)nc(N)nc32)[C@@H](O[Si](C)(C)C(C)(C)C)C1.CC(C)OP(=O)(OC(C)C)[C@H]1C[C@H](O[Si](C)(C)C(C)(C)C)[C@@H](COS(C)(=O)=O)O1.Nc1nc(Cl)c2[nH]cnc2n1. The first kappa shape index (κ1) is 65.3. The molecule has 6 rings (SSSR count). The van der Waals surface area contributed by atoms with Crippen molar-refractivity contribution in [3.63, 3.8) is 0 Å².